The first-order valence-electron chi connectivity index (χ1n) is 6.68. The lowest BCUT2D eigenvalue weighted by Crippen LogP contribution is -2.28. The Hall–Kier alpha value is -1.02. The molecule has 3 N–H and O–H groups in total. The van der Waals surface area contributed by atoms with Crippen molar-refractivity contribution in [3.05, 3.63) is 23.9 Å². The van der Waals surface area contributed by atoms with Gasteiger partial charge in [0.05, 0.1) is 6.61 Å². The number of nitrogens with one attached hydrogen (secondary N) is 1. The van der Waals surface area contributed by atoms with Crippen LogP contribution >= 0.6 is 0 Å². The molecule has 0 atom stereocenters. The minimum Gasteiger partial charge on any atom is -0.380 e. The highest BCUT2D eigenvalue weighted by Gasteiger charge is 2.14. The Morgan fingerprint density at radius 1 is 1.35 bits per heavy atom. The number of aromatic nitrogens is 1. The van der Waals surface area contributed by atoms with Crippen molar-refractivity contribution in [1.29, 1.82) is 0 Å². The van der Waals surface area contributed by atoms with E-state index in [9.17, 15) is 8.42 Å². The first kappa shape index (κ1) is 17.0. The van der Waals surface area contributed by atoms with E-state index < -0.39 is 10.0 Å². The van der Waals surface area contributed by atoms with E-state index in [-0.39, 0.29) is 11.6 Å². The zero-order valence-corrected chi connectivity index (χ0v) is 12.8. The van der Waals surface area contributed by atoms with Crippen LogP contribution in [0.5, 0.6) is 0 Å². The molecule has 0 aliphatic rings. The van der Waals surface area contributed by atoms with Gasteiger partial charge in [0.1, 0.15) is 0 Å². The molecule has 0 radical (unpaired) electrons. The SMILES string of the molecule is CC(C)CCOCCNS(=O)(=O)c1ccc(CN)cn1. The second-order valence-electron chi connectivity index (χ2n) is 4.90. The van der Waals surface area contributed by atoms with Gasteiger partial charge in [-0.15, -0.1) is 0 Å². The quantitative estimate of drug-likeness (QED) is 0.660. The van der Waals surface area contributed by atoms with Crippen molar-refractivity contribution in [2.24, 2.45) is 11.7 Å². The Morgan fingerprint density at radius 3 is 2.65 bits per heavy atom. The Labute approximate surface area is 120 Å². The average molecular weight is 301 g/mol. The van der Waals surface area contributed by atoms with Crippen LogP contribution in [0.3, 0.4) is 0 Å². The van der Waals surface area contributed by atoms with Gasteiger partial charge in [0.2, 0.25) is 0 Å². The van der Waals surface area contributed by atoms with Crippen LogP contribution in [-0.4, -0.2) is 33.2 Å². The molecule has 0 bridgehead atoms. The van der Waals surface area contributed by atoms with Crippen molar-refractivity contribution in [3.8, 4) is 0 Å². The van der Waals surface area contributed by atoms with Gasteiger partial charge in [0.25, 0.3) is 10.0 Å². The molecule has 6 nitrogen and oxygen atoms in total. The maximum Gasteiger partial charge on any atom is 0.258 e. The van der Waals surface area contributed by atoms with E-state index in [1.165, 1.54) is 12.3 Å². The standard InChI is InChI=1S/C13H23N3O3S/c1-11(2)5-7-19-8-6-16-20(17,18)13-4-3-12(9-14)10-15-13/h3-4,10-11,16H,5-9,14H2,1-2H3. The Morgan fingerprint density at radius 2 is 2.10 bits per heavy atom. The van der Waals surface area contributed by atoms with Gasteiger partial charge in [-0.05, 0) is 24.0 Å². The van der Waals surface area contributed by atoms with E-state index in [0.717, 1.165) is 12.0 Å². The van der Waals surface area contributed by atoms with Gasteiger partial charge < -0.3 is 10.5 Å². The number of nitrogens with zero attached hydrogens (tertiary/aromatic N) is 1. The summed E-state index contributed by atoms with van der Waals surface area (Å²) in [4.78, 5) is 3.89. The predicted octanol–water partition coefficient (Wildman–Crippen LogP) is 0.881. The van der Waals surface area contributed by atoms with Crippen molar-refractivity contribution < 1.29 is 13.2 Å². The van der Waals surface area contributed by atoms with Crippen LogP contribution in [-0.2, 0) is 21.3 Å². The molecule has 0 aliphatic heterocycles. The largest absolute Gasteiger partial charge is 0.380 e. The third kappa shape index (κ3) is 5.96. The van der Waals surface area contributed by atoms with Crippen LogP contribution in [0.4, 0.5) is 0 Å². The van der Waals surface area contributed by atoms with Crippen LogP contribution < -0.4 is 10.5 Å². The van der Waals surface area contributed by atoms with E-state index in [4.69, 9.17) is 10.5 Å². The summed E-state index contributed by atoms with van der Waals surface area (Å²) in [6, 6.07) is 3.10. The van der Waals surface area contributed by atoms with Gasteiger partial charge in [-0.3, -0.25) is 0 Å². The van der Waals surface area contributed by atoms with Crippen LogP contribution in [0, 0.1) is 5.92 Å². The molecule has 0 saturated carbocycles. The molecule has 1 heterocycles. The van der Waals surface area contributed by atoms with E-state index in [2.05, 4.69) is 23.6 Å². The monoisotopic (exact) mass is 301 g/mol. The molecule has 114 valence electrons. The Balaban J connectivity index is 2.37. The van der Waals surface area contributed by atoms with Gasteiger partial charge in [0, 0.05) is 25.9 Å². The fraction of sp³-hybridized carbons (Fsp3) is 0.615. The Bertz CT molecular complexity index is 486. The van der Waals surface area contributed by atoms with E-state index >= 15 is 0 Å². The average Bonchev–Trinajstić information content (AvgIpc) is 2.42. The number of hydrogen-bond acceptors (Lipinski definition) is 5. The second kappa shape index (κ2) is 8.31. The molecule has 0 saturated heterocycles. The predicted molar refractivity (Wildman–Crippen MR) is 77.6 cm³/mol. The van der Waals surface area contributed by atoms with Crippen molar-refractivity contribution >= 4 is 10.0 Å². The minimum atomic E-state index is -3.57. The van der Waals surface area contributed by atoms with Crippen LogP contribution in [0.25, 0.3) is 0 Å². The zero-order chi connectivity index (χ0) is 15.0. The summed E-state index contributed by atoms with van der Waals surface area (Å²) in [6.07, 6.45) is 2.43. The number of pyridine rings is 1. The van der Waals surface area contributed by atoms with E-state index in [0.29, 0.717) is 25.7 Å². The zero-order valence-electron chi connectivity index (χ0n) is 12.0. The van der Waals surface area contributed by atoms with Crippen LogP contribution in [0.2, 0.25) is 0 Å². The molecule has 0 aliphatic carbocycles. The smallest absolute Gasteiger partial charge is 0.258 e. The summed E-state index contributed by atoms with van der Waals surface area (Å²) < 4.78 is 31.6. The Kier molecular flexibility index (Phi) is 7.08. The molecule has 0 fully saturated rings. The topological polar surface area (TPSA) is 94.3 Å². The molecular formula is C13H23N3O3S. The molecule has 20 heavy (non-hydrogen) atoms. The molecule has 0 unspecified atom stereocenters. The second-order valence-corrected chi connectivity index (χ2v) is 6.62. The molecule has 1 aromatic heterocycles. The normalized spacial score (nSPS) is 12.0. The fourth-order valence-electron chi connectivity index (χ4n) is 1.43. The van der Waals surface area contributed by atoms with Gasteiger partial charge in [-0.2, -0.15) is 0 Å². The summed E-state index contributed by atoms with van der Waals surface area (Å²) in [6.45, 7) is 5.80. The van der Waals surface area contributed by atoms with Crippen molar-refractivity contribution in [1.82, 2.24) is 9.71 Å². The highest BCUT2D eigenvalue weighted by molar-refractivity contribution is 7.89. The first-order chi connectivity index (χ1) is 9.45. The number of ether oxygens (including phenoxy) is 1. The number of hydrogen-bond donors (Lipinski definition) is 2. The molecule has 1 aromatic rings. The number of sulfonamides is 1. The fourth-order valence-corrected chi connectivity index (χ4v) is 2.37. The highest BCUT2D eigenvalue weighted by atomic mass is 32.2. The molecular weight excluding hydrogens is 278 g/mol. The molecule has 0 amide bonds. The lowest BCUT2D eigenvalue weighted by molar-refractivity contribution is 0.128. The van der Waals surface area contributed by atoms with E-state index in [1.54, 1.807) is 6.07 Å². The highest BCUT2D eigenvalue weighted by Crippen LogP contribution is 2.06. The maximum atomic E-state index is 11.9. The summed E-state index contributed by atoms with van der Waals surface area (Å²) in [5, 5.41) is -0.00289. The van der Waals surface area contributed by atoms with Crippen molar-refractivity contribution in [2.75, 3.05) is 19.8 Å². The third-order valence-corrected chi connectivity index (χ3v) is 4.06. The molecule has 1 rings (SSSR count). The van der Waals surface area contributed by atoms with Gasteiger partial charge in [-0.25, -0.2) is 18.1 Å². The maximum absolute atomic E-state index is 11.9. The van der Waals surface area contributed by atoms with Crippen LogP contribution in [0.15, 0.2) is 23.4 Å². The number of nitrogens with two attached hydrogens (primary N) is 1. The molecule has 0 spiro atoms. The number of rotatable bonds is 9. The minimum absolute atomic E-state index is 0.00289. The summed E-state index contributed by atoms with van der Waals surface area (Å²) in [5.74, 6) is 0.581. The molecule has 0 aromatic carbocycles. The van der Waals surface area contributed by atoms with Crippen LogP contribution in [0.1, 0.15) is 25.8 Å². The van der Waals surface area contributed by atoms with E-state index in [1.807, 2.05) is 0 Å². The third-order valence-electron chi connectivity index (χ3n) is 2.69. The van der Waals surface area contributed by atoms with Crippen molar-refractivity contribution in [2.45, 2.75) is 31.8 Å². The summed E-state index contributed by atoms with van der Waals surface area (Å²) in [5.41, 5.74) is 6.23. The summed E-state index contributed by atoms with van der Waals surface area (Å²) >= 11 is 0. The molecule has 7 heteroatoms. The van der Waals surface area contributed by atoms with Gasteiger partial charge >= 0.3 is 0 Å². The van der Waals surface area contributed by atoms with Crippen molar-refractivity contribution in [3.63, 3.8) is 0 Å². The lowest BCUT2D eigenvalue weighted by atomic mass is 10.1. The lowest BCUT2D eigenvalue weighted by Gasteiger charge is -2.08. The van der Waals surface area contributed by atoms with Gasteiger partial charge in [-0.1, -0.05) is 19.9 Å². The summed E-state index contributed by atoms with van der Waals surface area (Å²) in [7, 11) is -3.57. The van der Waals surface area contributed by atoms with Gasteiger partial charge in [0.15, 0.2) is 5.03 Å². The first-order valence-corrected chi connectivity index (χ1v) is 8.16.